The Morgan fingerprint density at radius 3 is 2.78 bits per heavy atom. The van der Waals surface area contributed by atoms with Crippen LogP contribution in [0, 0.1) is 0 Å². The minimum absolute atomic E-state index is 0.696. The summed E-state index contributed by atoms with van der Waals surface area (Å²) in [6, 6.07) is 10.1. The van der Waals surface area contributed by atoms with E-state index in [1.54, 1.807) is 6.20 Å². The van der Waals surface area contributed by atoms with Crippen LogP contribution < -0.4 is 4.74 Å². The molecule has 1 aromatic heterocycles. The lowest BCUT2D eigenvalue weighted by Crippen LogP contribution is -2.19. The zero-order valence-corrected chi connectivity index (χ0v) is 11.1. The Morgan fingerprint density at radius 2 is 2.11 bits per heavy atom. The normalized spacial score (nSPS) is 10.9. The van der Waals surface area contributed by atoms with Crippen LogP contribution in [0.2, 0.25) is 0 Å². The number of likely N-dealkylation sites (N-methyl/N-ethyl adjacent to an activating group) is 1. The molecule has 0 saturated carbocycles. The van der Waals surface area contributed by atoms with Gasteiger partial charge in [-0.05, 0) is 32.3 Å². The van der Waals surface area contributed by atoms with Gasteiger partial charge in [-0.15, -0.1) is 0 Å². The van der Waals surface area contributed by atoms with Gasteiger partial charge in [0.2, 0.25) is 0 Å². The van der Waals surface area contributed by atoms with Gasteiger partial charge in [0.1, 0.15) is 12.4 Å². The van der Waals surface area contributed by atoms with E-state index in [9.17, 15) is 0 Å². The van der Waals surface area contributed by atoms with E-state index in [0.717, 1.165) is 23.6 Å². The molecular weight excluding hydrogens is 226 g/mol. The Kier molecular flexibility index (Phi) is 3.99. The van der Waals surface area contributed by atoms with E-state index >= 15 is 0 Å². The molecule has 0 radical (unpaired) electrons. The summed E-state index contributed by atoms with van der Waals surface area (Å²) in [4.78, 5) is 2.10. The molecule has 0 aliphatic rings. The second kappa shape index (κ2) is 5.69. The molecule has 18 heavy (non-hydrogen) atoms. The van der Waals surface area contributed by atoms with Gasteiger partial charge >= 0.3 is 0 Å². The second-order valence-electron chi connectivity index (χ2n) is 4.52. The second-order valence-corrected chi connectivity index (χ2v) is 4.52. The molecule has 0 spiro atoms. The summed E-state index contributed by atoms with van der Waals surface area (Å²) >= 11 is 0. The van der Waals surface area contributed by atoms with Gasteiger partial charge in [0, 0.05) is 25.4 Å². The van der Waals surface area contributed by atoms with Crippen molar-refractivity contribution in [3.63, 3.8) is 0 Å². The highest BCUT2D eigenvalue weighted by Gasteiger charge is 2.03. The smallest absolute Gasteiger partial charge is 0.120 e. The van der Waals surface area contributed by atoms with Crippen LogP contribution in [0.3, 0.4) is 0 Å². The summed E-state index contributed by atoms with van der Waals surface area (Å²) in [5, 5.41) is 4.18. The summed E-state index contributed by atoms with van der Waals surface area (Å²) in [7, 11) is 6.01. The molecule has 0 aliphatic carbocycles. The quantitative estimate of drug-likeness (QED) is 0.807. The lowest BCUT2D eigenvalue weighted by molar-refractivity contribution is 0.261. The van der Waals surface area contributed by atoms with Gasteiger partial charge in [0.15, 0.2) is 0 Å². The molecular formula is C14H19N3O. The predicted molar refractivity (Wildman–Crippen MR) is 72.7 cm³/mol. The van der Waals surface area contributed by atoms with Crippen LogP contribution in [0.25, 0.3) is 11.3 Å². The molecule has 96 valence electrons. The summed E-state index contributed by atoms with van der Waals surface area (Å²) in [5.41, 5.74) is 2.21. The van der Waals surface area contributed by atoms with Crippen LogP contribution in [-0.2, 0) is 7.05 Å². The van der Waals surface area contributed by atoms with Gasteiger partial charge in [0.05, 0.1) is 5.69 Å². The predicted octanol–water partition coefficient (Wildman–Crippen LogP) is 2.03. The molecule has 0 amide bonds. The average molecular weight is 245 g/mol. The number of hydrogen-bond acceptors (Lipinski definition) is 3. The van der Waals surface area contributed by atoms with Crippen LogP contribution in [0.4, 0.5) is 0 Å². The summed E-state index contributed by atoms with van der Waals surface area (Å²) < 4.78 is 7.58. The van der Waals surface area contributed by atoms with Gasteiger partial charge in [-0.2, -0.15) is 5.10 Å². The lowest BCUT2D eigenvalue weighted by Gasteiger charge is -2.11. The molecule has 0 fully saturated rings. The first-order valence-corrected chi connectivity index (χ1v) is 6.03. The molecule has 2 rings (SSSR count). The van der Waals surface area contributed by atoms with Gasteiger partial charge in [-0.25, -0.2) is 0 Å². The van der Waals surface area contributed by atoms with Crippen molar-refractivity contribution in [1.29, 1.82) is 0 Å². The van der Waals surface area contributed by atoms with E-state index in [0.29, 0.717) is 6.61 Å². The first-order chi connectivity index (χ1) is 8.66. The Balaban J connectivity index is 2.08. The van der Waals surface area contributed by atoms with Crippen molar-refractivity contribution in [1.82, 2.24) is 14.7 Å². The summed E-state index contributed by atoms with van der Waals surface area (Å²) in [5.74, 6) is 0.899. The minimum atomic E-state index is 0.696. The molecule has 0 aliphatic heterocycles. The Bertz CT molecular complexity index is 505. The zero-order chi connectivity index (χ0) is 13.0. The highest BCUT2D eigenvalue weighted by molar-refractivity contribution is 5.61. The third-order valence-corrected chi connectivity index (χ3v) is 2.76. The van der Waals surface area contributed by atoms with Gasteiger partial charge < -0.3 is 9.64 Å². The van der Waals surface area contributed by atoms with Crippen molar-refractivity contribution in [2.24, 2.45) is 7.05 Å². The Hall–Kier alpha value is -1.81. The number of ether oxygens (including phenoxy) is 1. The summed E-state index contributed by atoms with van der Waals surface area (Å²) in [6.45, 7) is 1.61. The molecule has 0 atom stereocenters. The monoisotopic (exact) mass is 245 g/mol. The van der Waals surface area contributed by atoms with Gasteiger partial charge in [0.25, 0.3) is 0 Å². The maximum absolute atomic E-state index is 5.72. The molecule has 4 heteroatoms. The number of nitrogens with zero attached hydrogens (tertiary/aromatic N) is 3. The molecule has 0 N–H and O–H groups in total. The number of benzene rings is 1. The van der Waals surface area contributed by atoms with Crippen molar-refractivity contribution < 1.29 is 4.74 Å². The molecule has 0 saturated heterocycles. The molecule has 1 heterocycles. The van der Waals surface area contributed by atoms with E-state index in [-0.39, 0.29) is 0 Å². The third kappa shape index (κ3) is 3.11. The fraction of sp³-hybridized carbons (Fsp3) is 0.357. The topological polar surface area (TPSA) is 30.3 Å². The van der Waals surface area contributed by atoms with Crippen molar-refractivity contribution in [3.8, 4) is 17.0 Å². The van der Waals surface area contributed by atoms with Crippen LogP contribution in [0.1, 0.15) is 0 Å². The first-order valence-electron chi connectivity index (χ1n) is 6.03. The largest absolute Gasteiger partial charge is 0.492 e. The van der Waals surface area contributed by atoms with Crippen LogP contribution in [0.15, 0.2) is 36.5 Å². The SMILES string of the molecule is CN(C)CCOc1cccc(-c2ccnn2C)c1. The van der Waals surface area contributed by atoms with Crippen LogP contribution >= 0.6 is 0 Å². The fourth-order valence-corrected chi connectivity index (χ4v) is 1.75. The Morgan fingerprint density at radius 1 is 1.28 bits per heavy atom. The minimum Gasteiger partial charge on any atom is -0.492 e. The zero-order valence-electron chi connectivity index (χ0n) is 11.1. The standard InChI is InChI=1S/C14H19N3O/c1-16(2)9-10-18-13-6-4-5-12(11-13)14-7-8-15-17(14)3/h4-8,11H,9-10H2,1-3H3. The lowest BCUT2D eigenvalue weighted by atomic mass is 10.1. The first kappa shape index (κ1) is 12.6. The van der Waals surface area contributed by atoms with E-state index in [2.05, 4.69) is 16.1 Å². The molecule has 4 nitrogen and oxygen atoms in total. The molecule has 1 aromatic carbocycles. The van der Waals surface area contributed by atoms with Gasteiger partial charge in [-0.3, -0.25) is 4.68 Å². The molecule has 2 aromatic rings. The van der Waals surface area contributed by atoms with Crippen molar-refractivity contribution in [2.75, 3.05) is 27.2 Å². The Labute approximate surface area is 108 Å². The van der Waals surface area contributed by atoms with Crippen molar-refractivity contribution in [2.45, 2.75) is 0 Å². The van der Waals surface area contributed by atoms with E-state index in [4.69, 9.17) is 4.74 Å². The molecule has 0 bridgehead atoms. The van der Waals surface area contributed by atoms with Crippen molar-refractivity contribution in [3.05, 3.63) is 36.5 Å². The number of aryl methyl sites for hydroxylation is 1. The average Bonchev–Trinajstić information content (AvgIpc) is 2.75. The maximum Gasteiger partial charge on any atom is 0.120 e. The summed E-state index contributed by atoms with van der Waals surface area (Å²) in [6.07, 6.45) is 1.80. The number of rotatable bonds is 5. The van der Waals surface area contributed by atoms with E-state index in [1.165, 1.54) is 0 Å². The highest BCUT2D eigenvalue weighted by Crippen LogP contribution is 2.22. The van der Waals surface area contributed by atoms with Gasteiger partial charge in [-0.1, -0.05) is 12.1 Å². The number of hydrogen-bond donors (Lipinski definition) is 0. The van der Waals surface area contributed by atoms with E-state index < -0.39 is 0 Å². The van der Waals surface area contributed by atoms with Crippen molar-refractivity contribution >= 4 is 0 Å². The maximum atomic E-state index is 5.72. The number of aromatic nitrogens is 2. The van der Waals surface area contributed by atoms with E-state index in [1.807, 2.05) is 50.1 Å². The third-order valence-electron chi connectivity index (χ3n) is 2.76. The van der Waals surface area contributed by atoms with Crippen LogP contribution in [0.5, 0.6) is 5.75 Å². The van der Waals surface area contributed by atoms with Crippen LogP contribution in [-0.4, -0.2) is 41.9 Å². The fourth-order valence-electron chi connectivity index (χ4n) is 1.75. The highest BCUT2D eigenvalue weighted by atomic mass is 16.5. The molecule has 0 unspecified atom stereocenters.